The van der Waals surface area contributed by atoms with E-state index in [2.05, 4.69) is 25.4 Å². The molecule has 0 saturated heterocycles. The molecule has 0 aliphatic heterocycles. The van der Waals surface area contributed by atoms with E-state index in [1.807, 2.05) is 0 Å². The Labute approximate surface area is 211 Å². The minimum absolute atomic E-state index is 0.000506. The van der Waals surface area contributed by atoms with Crippen LogP contribution in [-0.2, 0) is 12.7 Å². The first-order chi connectivity index (χ1) is 18.0. The van der Waals surface area contributed by atoms with Crippen LogP contribution in [0.5, 0.6) is 5.75 Å². The summed E-state index contributed by atoms with van der Waals surface area (Å²) < 4.78 is 60.9. The Bertz CT molecular complexity index is 1600. The Hall–Kier alpha value is -4.56. The molecule has 1 aromatic carbocycles. The lowest BCUT2D eigenvalue weighted by Crippen LogP contribution is -2.27. The van der Waals surface area contributed by atoms with Crippen LogP contribution in [0.3, 0.4) is 0 Å². The van der Waals surface area contributed by atoms with E-state index in [-0.39, 0.29) is 40.4 Å². The predicted molar refractivity (Wildman–Crippen MR) is 130 cm³/mol. The number of nitrogens with zero attached hydrogens (tertiary/aromatic N) is 5. The molecule has 0 aliphatic rings. The van der Waals surface area contributed by atoms with E-state index in [1.165, 1.54) is 30.3 Å². The van der Waals surface area contributed by atoms with Gasteiger partial charge in [-0.05, 0) is 31.9 Å². The van der Waals surface area contributed by atoms with Crippen LogP contribution in [0.1, 0.15) is 25.3 Å². The molecule has 0 radical (unpaired) electrons. The number of aromatic amines is 1. The van der Waals surface area contributed by atoms with Crippen LogP contribution in [0.25, 0.3) is 22.3 Å². The molecule has 200 valence electrons. The second-order valence-electron chi connectivity index (χ2n) is 8.41. The molecule has 38 heavy (non-hydrogen) atoms. The molecule has 11 nitrogen and oxygen atoms in total. The van der Waals surface area contributed by atoms with Gasteiger partial charge < -0.3 is 15.8 Å². The fourth-order valence-electron chi connectivity index (χ4n) is 3.88. The highest BCUT2D eigenvalue weighted by Crippen LogP contribution is 2.32. The second kappa shape index (κ2) is 10.4. The normalized spacial score (nSPS) is 12.5. The number of alkyl halides is 3. The molecular formula is C23H22F4N8O3. The highest BCUT2D eigenvalue weighted by atomic mass is 19.4. The summed E-state index contributed by atoms with van der Waals surface area (Å²) in [6.45, 7) is 1.81. The number of nitrogens with one attached hydrogen (secondary N) is 2. The Kier molecular flexibility index (Phi) is 7.28. The summed E-state index contributed by atoms with van der Waals surface area (Å²) in [7, 11) is 1.39. The summed E-state index contributed by atoms with van der Waals surface area (Å²) in [5, 5.41) is 7.87. The summed E-state index contributed by atoms with van der Waals surface area (Å²) in [5.74, 6) is -0.493. The fourth-order valence-corrected chi connectivity index (χ4v) is 3.88. The van der Waals surface area contributed by atoms with Gasteiger partial charge in [0, 0.05) is 12.6 Å². The first-order valence-corrected chi connectivity index (χ1v) is 11.3. The van der Waals surface area contributed by atoms with Gasteiger partial charge in [-0.1, -0.05) is 0 Å². The van der Waals surface area contributed by atoms with Gasteiger partial charge in [0.05, 0.1) is 48.0 Å². The number of nitrogens with two attached hydrogens (primary N) is 1. The van der Waals surface area contributed by atoms with Crippen molar-refractivity contribution in [3.8, 4) is 17.1 Å². The van der Waals surface area contributed by atoms with Crippen molar-refractivity contribution in [1.82, 2.24) is 29.7 Å². The highest BCUT2D eigenvalue weighted by molar-refractivity contribution is 5.82. The van der Waals surface area contributed by atoms with Crippen molar-refractivity contribution in [3.05, 3.63) is 62.9 Å². The quantitative estimate of drug-likeness (QED) is 0.290. The zero-order valence-electron chi connectivity index (χ0n) is 20.1. The molecule has 3 heterocycles. The Morgan fingerprint density at radius 1 is 1.21 bits per heavy atom. The number of ether oxygens (including phenoxy) is 1. The maximum absolute atomic E-state index is 14.9. The van der Waals surface area contributed by atoms with E-state index in [0.717, 1.165) is 12.3 Å². The monoisotopic (exact) mass is 534 g/mol. The summed E-state index contributed by atoms with van der Waals surface area (Å²) in [4.78, 5) is 36.8. The summed E-state index contributed by atoms with van der Waals surface area (Å²) in [6, 6.07) is 1.90. The summed E-state index contributed by atoms with van der Waals surface area (Å²) in [5.41, 5.74) is 2.36. The number of fused-ring (bicyclic) bond motifs is 1. The minimum atomic E-state index is -4.86. The van der Waals surface area contributed by atoms with Gasteiger partial charge in [-0.3, -0.25) is 14.2 Å². The largest absolute Gasteiger partial charge is 0.491 e. The summed E-state index contributed by atoms with van der Waals surface area (Å²) in [6.07, 6.45) is -0.637. The number of methoxy groups -OCH3 is 1. The molecule has 4 rings (SSSR count). The number of benzene rings is 1. The van der Waals surface area contributed by atoms with Gasteiger partial charge in [0.1, 0.15) is 11.4 Å². The Balaban J connectivity index is 1.48. The molecular weight excluding hydrogens is 512 g/mol. The van der Waals surface area contributed by atoms with Crippen molar-refractivity contribution in [2.24, 2.45) is 0 Å². The van der Waals surface area contributed by atoms with E-state index < -0.39 is 40.4 Å². The maximum atomic E-state index is 14.9. The van der Waals surface area contributed by atoms with Crippen LogP contribution < -0.4 is 26.9 Å². The first-order valence-electron chi connectivity index (χ1n) is 11.3. The Morgan fingerprint density at radius 3 is 2.66 bits per heavy atom. The molecule has 1 unspecified atom stereocenters. The number of hydrogen-bond donors (Lipinski definition) is 3. The van der Waals surface area contributed by atoms with Crippen LogP contribution in [-0.4, -0.2) is 42.9 Å². The number of H-pyrrole nitrogens is 1. The number of anilines is 2. The van der Waals surface area contributed by atoms with Crippen LogP contribution in [0, 0.1) is 5.82 Å². The van der Waals surface area contributed by atoms with E-state index in [0.29, 0.717) is 12.8 Å². The van der Waals surface area contributed by atoms with Crippen molar-refractivity contribution in [2.45, 2.75) is 38.5 Å². The molecule has 3 aromatic heterocycles. The molecule has 4 aromatic rings. The van der Waals surface area contributed by atoms with E-state index >= 15 is 0 Å². The van der Waals surface area contributed by atoms with Crippen molar-refractivity contribution in [2.75, 3.05) is 18.2 Å². The molecule has 0 fully saturated rings. The number of aryl methyl sites for hydroxylation is 1. The molecule has 15 heteroatoms. The average molecular weight is 534 g/mol. The van der Waals surface area contributed by atoms with E-state index in [9.17, 15) is 27.2 Å². The second-order valence-corrected chi connectivity index (χ2v) is 8.41. The zero-order chi connectivity index (χ0) is 27.6. The number of nitrogen functional groups attached to an aromatic ring is 1. The fraction of sp³-hybridized carbons (Fsp3) is 0.304. The molecule has 1 atom stereocenters. The van der Waals surface area contributed by atoms with Gasteiger partial charge >= 0.3 is 6.18 Å². The van der Waals surface area contributed by atoms with Crippen molar-refractivity contribution in [1.29, 1.82) is 0 Å². The van der Waals surface area contributed by atoms with Crippen molar-refractivity contribution < 1.29 is 22.3 Å². The lowest BCUT2D eigenvalue weighted by molar-refractivity contribution is -0.138. The number of halogens is 4. The van der Waals surface area contributed by atoms with Crippen LogP contribution in [0.4, 0.5) is 29.1 Å². The van der Waals surface area contributed by atoms with Gasteiger partial charge in [-0.15, -0.1) is 0 Å². The number of rotatable bonds is 8. The molecule has 0 saturated carbocycles. The molecule has 0 amide bonds. The third kappa shape index (κ3) is 5.40. The van der Waals surface area contributed by atoms with Gasteiger partial charge in [0.25, 0.3) is 11.1 Å². The Morgan fingerprint density at radius 2 is 1.97 bits per heavy atom. The van der Waals surface area contributed by atoms with Gasteiger partial charge in [-0.25, -0.2) is 24.4 Å². The molecule has 0 bridgehead atoms. The third-order valence-corrected chi connectivity index (χ3v) is 5.73. The van der Waals surface area contributed by atoms with Crippen molar-refractivity contribution in [3.63, 3.8) is 0 Å². The van der Waals surface area contributed by atoms with Crippen LogP contribution >= 0.6 is 0 Å². The topological polar surface area (TPSA) is 154 Å². The zero-order valence-corrected chi connectivity index (χ0v) is 20.1. The number of aromatic nitrogens is 6. The average Bonchev–Trinajstić information content (AvgIpc) is 2.84. The van der Waals surface area contributed by atoms with E-state index in [1.54, 1.807) is 12.0 Å². The third-order valence-electron chi connectivity index (χ3n) is 5.73. The van der Waals surface area contributed by atoms with E-state index in [4.69, 9.17) is 10.5 Å². The SMILES string of the molecule is COc1cnc(-c2cc3ncn(CCCC(C)Nc4cn[nH]c(=O)c4C(F)(F)F)c(=O)c3cc2F)nc1N. The molecule has 4 N–H and O–H groups in total. The predicted octanol–water partition coefficient (Wildman–Crippen LogP) is 2.97. The first kappa shape index (κ1) is 26.5. The van der Waals surface area contributed by atoms with Gasteiger partial charge in [0.15, 0.2) is 17.4 Å². The van der Waals surface area contributed by atoms with Crippen LogP contribution in [0.2, 0.25) is 0 Å². The lowest BCUT2D eigenvalue weighted by atomic mass is 10.1. The molecule has 0 aliphatic carbocycles. The highest BCUT2D eigenvalue weighted by Gasteiger charge is 2.37. The van der Waals surface area contributed by atoms with Crippen molar-refractivity contribution >= 4 is 22.4 Å². The summed E-state index contributed by atoms with van der Waals surface area (Å²) >= 11 is 0. The van der Waals surface area contributed by atoms with Crippen LogP contribution in [0.15, 0.2) is 40.4 Å². The van der Waals surface area contributed by atoms with Gasteiger partial charge in [0.2, 0.25) is 0 Å². The molecule has 0 spiro atoms. The minimum Gasteiger partial charge on any atom is -0.491 e. The maximum Gasteiger partial charge on any atom is 0.423 e. The number of hydrogen-bond acceptors (Lipinski definition) is 9. The lowest BCUT2D eigenvalue weighted by Gasteiger charge is -2.18. The standard InChI is InChI=1S/C23H22F4N8O3/c1-11(32-16-8-31-34-21(36)18(16)23(25,26)27)4-3-5-35-10-30-15-7-12(14(24)6-13(15)22(35)37)20-29-9-17(38-2)19(28)33-20/h6-11H,3-5H2,1-2H3,(H2,28,29,33)(H2,32,34,36). The smallest absolute Gasteiger partial charge is 0.423 e. The van der Waals surface area contributed by atoms with Gasteiger partial charge in [-0.2, -0.15) is 18.3 Å².